The quantitative estimate of drug-likeness (QED) is 0.234. The summed E-state index contributed by atoms with van der Waals surface area (Å²) in [5, 5.41) is 9.29. The van der Waals surface area contributed by atoms with Crippen LogP contribution >= 0.6 is 24.0 Å². The third-order valence-corrected chi connectivity index (χ3v) is 4.60. The summed E-state index contributed by atoms with van der Waals surface area (Å²) in [6.07, 6.45) is 10.2. The molecule has 7 heteroatoms. The average Bonchev–Trinajstić information content (AvgIpc) is 3.12. The minimum atomic E-state index is -0.0551. The number of aryl methyl sites for hydroxylation is 1. The lowest BCUT2D eigenvalue weighted by atomic mass is 10.0. The molecule has 0 aliphatic heterocycles. The molecule has 1 saturated carbocycles. The summed E-state index contributed by atoms with van der Waals surface area (Å²) in [5.41, 5.74) is 1.07. The predicted molar refractivity (Wildman–Crippen MR) is 118 cm³/mol. The van der Waals surface area contributed by atoms with E-state index in [1.54, 1.807) is 13.2 Å². The van der Waals surface area contributed by atoms with Crippen molar-refractivity contribution in [1.82, 2.24) is 15.6 Å². The van der Waals surface area contributed by atoms with Crippen molar-refractivity contribution in [2.45, 2.75) is 51.9 Å². The van der Waals surface area contributed by atoms with Crippen molar-refractivity contribution >= 4 is 41.7 Å². The highest BCUT2D eigenvalue weighted by molar-refractivity contribution is 14.0. The van der Waals surface area contributed by atoms with E-state index in [0.29, 0.717) is 18.8 Å². The zero-order chi connectivity index (χ0) is 17.9. The molecule has 0 radical (unpaired) electrons. The topological polar surface area (TPSA) is 78.4 Å². The molecule has 1 aromatic rings. The van der Waals surface area contributed by atoms with Crippen molar-refractivity contribution in [2.24, 2.45) is 10.9 Å². The molecule has 2 rings (SSSR count). The van der Waals surface area contributed by atoms with Gasteiger partial charge in [-0.1, -0.05) is 31.7 Å². The van der Waals surface area contributed by atoms with Crippen LogP contribution in [0.3, 0.4) is 0 Å². The molecule has 1 heterocycles. The Balaban J connectivity index is 0.00000338. The van der Waals surface area contributed by atoms with E-state index in [1.165, 1.54) is 38.5 Å². The number of rotatable bonds is 8. The number of nitrogens with one attached hydrogen (secondary N) is 3. The lowest BCUT2D eigenvalue weighted by Crippen LogP contribution is -2.39. The van der Waals surface area contributed by atoms with Gasteiger partial charge in [-0.2, -0.15) is 0 Å². The number of aliphatic imine (C=N–C) groups is 1. The number of halogens is 1. The minimum absolute atomic E-state index is 0. The summed E-state index contributed by atoms with van der Waals surface area (Å²) in [6.45, 7) is 3.44. The molecule has 0 unspecified atom stereocenters. The number of hydrogen-bond acceptors (Lipinski definition) is 3. The maximum absolute atomic E-state index is 11.9. The van der Waals surface area contributed by atoms with E-state index in [-0.39, 0.29) is 29.9 Å². The first kappa shape index (κ1) is 22.7. The van der Waals surface area contributed by atoms with Crippen LogP contribution < -0.4 is 16.0 Å². The number of hydrogen-bond donors (Lipinski definition) is 3. The zero-order valence-corrected chi connectivity index (χ0v) is 18.2. The van der Waals surface area contributed by atoms with E-state index in [0.717, 1.165) is 24.0 Å². The van der Waals surface area contributed by atoms with E-state index >= 15 is 0 Å². The number of anilines is 1. The Kier molecular flexibility index (Phi) is 11.2. The Morgan fingerprint density at radius 2 is 1.96 bits per heavy atom. The molecule has 1 fully saturated rings. The third-order valence-electron chi connectivity index (χ3n) is 4.60. The molecule has 1 aliphatic rings. The highest BCUT2D eigenvalue weighted by atomic mass is 127. The molecule has 1 aromatic heterocycles. The van der Waals surface area contributed by atoms with Crippen LogP contribution in [0.5, 0.6) is 0 Å². The molecular formula is C19H32IN5O. The standard InChI is InChI=1S/C19H31N5O.HI/c1-15-9-10-17(23-14-15)24-18(25)11-13-22-19(20-2)21-12-5-8-16-6-3-4-7-16;/h9-10,14,16H,3-8,11-13H2,1-2H3,(H2,20,21,22)(H,23,24,25);1H. The molecule has 26 heavy (non-hydrogen) atoms. The first-order valence-corrected chi connectivity index (χ1v) is 9.34. The van der Waals surface area contributed by atoms with Crippen molar-refractivity contribution in [1.29, 1.82) is 0 Å². The Hall–Kier alpha value is -1.38. The normalized spacial score (nSPS) is 14.6. The van der Waals surface area contributed by atoms with Gasteiger partial charge in [-0.25, -0.2) is 4.98 Å². The minimum Gasteiger partial charge on any atom is -0.356 e. The SMILES string of the molecule is CN=C(NCCCC1CCCC1)NCCC(=O)Nc1ccc(C)cn1.I. The predicted octanol–water partition coefficient (Wildman–Crippen LogP) is 3.47. The molecule has 0 saturated heterocycles. The van der Waals surface area contributed by atoms with Crippen LogP contribution in [0.15, 0.2) is 23.3 Å². The smallest absolute Gasteiger partial charge is 0.227 e. The Bertz CT molecular complexity index is 556. The van der Waals surface area contributed by atoms with Crippen LogP contribution in [0, 0.1) is 12.8 Å². The van der Waals surface area contributed by atoms with Gasteiger partial charge in [0.25, 0.3) is 0 Å². The second-order valence-corrected chi connectivity index (χ2v) is 6.74. The fourth-order valence-corrected chi connectivity index (χ4v) is 3.16. The summed E-state index contributed by atoms with van der Waals surface area (Å²) < 4.78 is 0. The van der Waals surface area contributed by atoms with Crippen LogP contribution in [-0.4, -0.2) is 37.0 Å². The van der Waals surface area contributed by atoms with Crippen molar-refractivity contribution in [2.75, 3.05) is 25.5 Å². The monoisotopic (exact) mass is 473 g/mol. The van der Waals surface area contributed by atoms with E-state index in [2.05, 4.69) is 25.9 Å². The van der Waals surface area contributed by atoms with Crippen molar-refractivity contribution in [3.63, 3.8) is 0 Å². The Morgan fingerprint density at radius 3 is 2.62 bits per heavy atom. The molecule has 0 aromatic carbocycles. The van der Waals surface area contributed by atoms with Gasteiger partial charge < -0.3 is 16.0 Å². The van der Waals surface area contributed by atoms with Gasteiger partial charge in [0.15, 0.2) is 5.96 Å². The second-order valence-electron chi connectivity index (χ2n) is 6.74. The van der Waals surface area contributed by atoms with E-state index in [4.69, 9.17) is 0 Å². The summed E-state index contributed by atoms with van der Waals surface area (Å²) in [5.74, 6) is 2.22. The van der Waals surface area contributed by atoms with E-state index in [9.17, 15) is 4.79 Å². The number of carbonyl (C=O) groups is 1. The Morgan fingerprint density at radius 1 is 1.23 bits per heavy atom. The number of aromatic nitrogens is 1. The summed E-state index contributed by atoms with van der Waals surface area (Å²) >= 11 is 0. The first-order valence-electron chi connectivity index (χ1n) is 9.34. The molecular weight excluding hydrogens is 441 g/mol. The third kappa shape index (κ3) is 8.82. The van der Waals surface area contributed by atoms with Gasteiger partial charge in [-0.3, -0.25) is 9.79 Å². The lowest BCUT2D eigenvalue weighted by molar-refractivity contribution is -0.116. The maximum Gasteiger partial charge on any atom is 0.227 e. The maximum atomic E-state index is 11.9. The van der Waals surface area contributed by atoms with Gasteiger partial charge in [0, 0.05) is 32.8 Å². The second kappa shape index (κ2) is 12.9. The van der Waals surface area contributed by atoms with Gasteiger partial charge in [0.2, 0.25) is 5.91 Å². The van der Waals surface area contributed by atoms with Gasteiger partial charge >= 0.3 is 0 Å². The van der Waals surface area contributed by atoms with Crippen LogP contribution in [-0.2, 0) is 4.79 Å². The number of nitrogens with zero attached hydrogens (tertiary/aromatic N) is 2. The Labute approximate surface area is 174 Å². The molecule has 146 valence electrons. The van der Waals surface area contributed by atoms with E-state index < -0.39 is 0 Å². The molecule has 1 aliphatic carbocycles. The lowest BCUT2D eigenvalue weighted by Gasteiger charge is -2.13. The molecule has 6 nitrogen and oxygen atoms in total. The average molecular weight is 473 g/mol. The first-order chi connectivity index (χ1) is 12.2. The zero-order valence-electron chi connectivity index (χ0n) is 15.9. The summed E-state index contributed by atoms with van der Waals surface area (Å²) in [7, 11) is 1.75. The largest absolute Gasteiger partial charge is 0.356 e. The molecule has 0 atom stereocenters. The van der Waals surface area contributed by atoms with Crippen LogP contribution in [0.4, 0.5) is 5.82 Å². The van der Waals surface area contributed by atoms with Crippen LogP contribution in [0.1, 0.15) is 50.5 Å². The van der Waals surface area contributed by atoms with Crippen LogP contribution in [0.2, 0.25) is 0 Å². The van der Waals surface area contributed by atoms with Gasteiger partial charge in [-0.15, -0.1) is 24.0 Å². The van der Waals surface area contributed by atoms with Gasteiger partial charge in [0.05, 0.1) is 0 Å². The summed E-state index contributed by atoms with van der Waals surface area (Å²) in [4.78, 5) is 20.3. The fraction of sp³-hybridized carbons (Fsp3) is 0.632. The molecule has 1 amide bonds. The number of guanidine groups is 1. The molecule has 0 spiro atoms. The summed E-state index contributed by atoms with van der Waals surface area (Å²) in [6, 6.07) is 3.74. The van der Waals surface area contributed by atoms with E-state index in [1.807, 2.05) is 19.1 Å². The molecule has 0 bridgehead atoms. The van der Waals surface area contributed by atoms with Gasteiger partial charge in [0.1, 0.15) is 5.82 Å². The highest BCUT2D eigenvalue weighted by Crippen LogP contribution is 2.28. The van der Waals surface area contributed by atoms with Crippen molar-refractivity contribution in [3.8, 4) is 0 Å². The van der Waals surface area contributed by atoms with Crippen LogP contribution in [0.25, 0.3) is 0 Å². The van der Waals surface area contributed by atoms with Crippen molar-refractivity contribution < 1.29 is 4.79 Å². The fourth-order valence-electron chi connectivity index (χ4n) is 3.16. The number of amides is 1. The van der Waals surface area contributed by atoms with Gasteiger partial charge in [-0.05, 0) is 37.3 Å². The number of carbonyl (C=O) groups excluding carboxylic acids is 1. The van der Waals surface area contributed by atoms with Crippen molar-refractivity contribution in [3.05, 3.63) is 23.9 Å². The highest BCUT2D eigenvalue weighted by Gasteiger charge is 2.14. The molecule has 3 N–H and O–H groups in total. The number of pyridine rings is 1.